The molecule has 0 saturated heterocycles. The van der Waals surface area contributed by atoms with Gasteiger partial charge in [0.05, 0.1) is 25.5 Å². The summed E-state index contributed by atoms with van der Waals surface area (Å²) in [4.78, 5) is 0. The Kier molecular flexibility index (Phi) is 21.9. The van der Waals surface area contributed by atoms with Crippen LogP contribution in [-0.2, 0) is 14.2 Å². The van der Waals surface area contributed by atoms with E-state index in [1.165, 1.54) is 103 Å². The maximum absolute atomic E-state index is 5.65. The molecule has 0 amide bonds. The molecule has 1 aliphatic rings. The number of hydrogen-bond acceptors (Lipinski definition) is 4. The Morgan fingerprint density at radius 1 is 0.594 bits per heavy atom. The van der Waals surface area contributed by atoms with E-state index < -0.39 is 0 Å². The highest BCUT2D eigenvalue weighted by atomic mass is 16.5. The average molecular weight is 450 g/mol. The number of dihydropyridines is 1. The second-order valence-electron chi connectivity index (χ2n) is 8.83. The summed E-state index contributed by atoms with van der Waals surface area (Å²) >= 11 is 0. The Morgan fingerprint density at radius 3 is 1.62 bits per heavy atom. The molecule has 4 nitrogen and oxygen atoms in total. The molecule has 1 N–H and O–H groups in total. The van der Waals surface area contributed by atoms with Gasteiger partial charge in [-0.2, -0.15) is 0 Å². The second-order valence-corrected chi connectivity index (χ2v) is 8.83. The SMILES string of the molecule is CCCCCCCCCCCCCCCCCCOCCOCCOC=C1C=CC=CN1. The van der Waals surface area contributed by atoms with E-state index in [4.69, 9.17) is 14.2 Å². The van der Waals surface area contributed by atoms with E-state index in [0.717, 1.165) is 12.3 Å². The van der Waals surface area contributed by atoms with E-state index in [1.807, 2.05) is 24.4 Å². The van der Waals surface area contributed by atoms with Crippen molar-refractivity contribution in [3.8, 4) is 0 Å². The summed E-state index contributed by atoms with van der Waals surface area (Å²) in [5, 5.41) is 3.09. The first-order valence-electron chi connectivity index (χ1n) is 13.5. The van der Waals surface area contributed by atoms with Gasteiger partial charge in [0.15, 0.2) is 0 Å². The van der Waals surface area contributed by atoms with Crippen LogP contribution in [-0.4, -0.2) is 33.0 Å². The Morgan fingerprint density at radius 2 is 1.09 bits per heavy atom. The summed E-state index contributed by atoms with van der Waals surface area (Å²) in [6.45, 7) is 5.61. The molecule has 186 valence electrons. The van der Waals surface area contributed by atoms with Crippen LogP contribution in [0.2, 0.25) is 0 Å². The average Bonchev–Trinajstić information content (AvgIpc) is 2.82. The fraction of sp³-hybridized carbons (Fsp3) is 0.786. The molecule has 0 fully saturated rings. The van der Waals surface area contributed by atoms with Crippen LogP contribution in [0.15, 0.2) is 36.4 Å². The summed E-state index contributed by atoms with van der Waals surface area (Å²) in [7, 11) is 0. The summed E-state index contributed by atoms with van der Waals surface area (Å²) in [6.07, 6.45) is 31.9. The highest BCUT2D eigenvalue weighted by Gasteiger charge is 1.96. The maximum Gasteiger partial charge on any atom is 0.111 e. The first kappa shape index (κ1) is 28.8. The van der Waals surface area contributed by atoms with Crippen molar-refractivity contribution in [3.05, 3.63) is 36.4 Å². The Labute approximate surface area is 198 Å². The molecule has 1 heterocycles. The van der Waals surface area contributed by atoms with E-state index in [1.54, 1.807) is 6.26 Å². The zero-order valence-corrected chi connectivity index (χ0v) is 21.0. The number of hydrogen-bond donors (Lipinski definition) is 1. The lowest BCUT2D eigenvalue weighted by Gasteiger charge is -2.08. The first-order valence-corrected chi connectivity index (χ1v) is 13.5. The van der Waals surface area contributed by atoms with Crippen LogP contribution in [0, 0.1) is 0 Å². The molecule has 1 aliphatic heterocycles. The molecular formula is C28H51NO3. The largest absolute Gasteiger partial charge is 0.497 e. The summed E-state index contributed by atoms with van der Waals surface area (Å²) in [5.74, 6) is 0. The fourth-order valence-corrected chi connectivity index (χ4v) is 3.81. The molecule has 0 bridgehead atoms. The highest BCUT2D eigenvalue weighted by molar-refractivity contribution is 5.25. The van der Waals surface area contributed by atoms with E-state index >= 15 is 0 Å². The molecule has 32 heavy (non-hydrogen) atoms. The van der Waals surface area contributed by atoms with E-state index in [2.05, 4.69) is 12.2 Å². The van der Waals surface area contributed by atoms with Crippen molar-refractivity contribution in [2.24, 2.45) is 0 Å². The van der Waals surface area contributed by atoms with Crippen molar-refractivity contribution < 1.29 is 14.2 Å². The molecule has 0 aliphatic carbocycles. The van der Waals surface area contributed by atoms with Gasteiger partial charge in [0.1, 0.15) is 12.9 Å². The van der Waals surface area contributed by atoms with Crippen LogP contribution < -0.4 is 5.32 Å². The summed E-state index contributed by atoms with van der Waals surface area (Å²) in [5.41, 5.74) is 0.953. The lowest BCUT2D eigenvalue weighted by molar-refractivity contribution is 0.0293. The molecule has 0 saturated carbocycles. The zero-order valence-electron chi connectivity index (χ0n) is 21.0. The summed E-state index contributed by atoms with van der Waals surface area (Å²) in [6, 6.07) is 0. The van der Waals surface area contributed by atoms with E-state index in [9.17, 15) is 0 Å². The molecular weight excluding hydrogens is 398 g/mol. The molecule has 4 heteroatoms. The van der Waals surface area contributed by atoms with Gasteiger partial charge in [0, 0.05) is 12.8 Å². The van der Waals surface area contributed by atoms with Crippen molar-refractivity contribution in [1.82, 2.24) is 5.32 Å². The molecule has 0 atom stereocenters. The fourth-order valence-electron chi connectivity index (χ4n) is 3.81. The third-order valence-corrected chi connectivity index (χ3v) is 5.80. The van der Waals surface area contributed by atoms with Crippen molar-refractivity contribution in [3.63, 3.8) is 0 Å². The number of unbranched alkanes of at least 4 members (excludes halogenated alkanes) is 15. The second kappa shape index (κ2) is 24.4. The third-order valence-electron chi connectivity index (χ3n) is 5.80. The highest BCUT2D eigenvalue weighted by Crippen LogP contribution is 2.13. The van der Waals surface area contributed by atoms with Crippen molar-refractivity contribution in [1.29, 1.82) is 0 Å². The Hall–Kier alpha value is -1.26. The van der Waals surface area contributed by atoms with Gasteiger partial charge >= 0.3 is 0 Å². The topological polar surface area (TPSA) is 39.7 Å². The van der Waals surface area contributed by atoms with Crippen LogP contribution >= 0.6 is 0 Å². The van der Waals surface area contributed by atoms with Crippen LogP contribution in [0.4, 0.5) is 0 Å². The maximum atomic E-state index is 5.65. The lowest BCUT2D eigenvalue weighted by atomic mass is 10.0. The van der Waals surface area contributed by atoms with Gasteiger partial charge < -0.3 is 19.5 Å². The van der Waals surface area contributed by atoms with Gasteiger partial charge in [0.25, 0.3) is 0 Å². The monoisotopic (exact) mass is 449 g/mol. The molecule has 0 aromatic carbocycles. The normalized spacial score (nSPS) is 14.2. The molecule has 0 unspecified atom stereocenters. The molecule has 0 aromatic rings. The smallest absolute Gasteiger partial charge is 0.111 e. The molecule has 0 aromatic heterocycles. The van der Waals surface area contributed by atoms with Crippen LogP contribution in [0.3, 0.4) is 0 Å². The third kappa shape index (κ3) is 20.6. The minimum Gasteiger partial charge on any atom is -0.497 e. The number of allylic oxidation sites excluding steroid dienone is 3. The Balaban J connectivity index is 1.65. The Bertz CT molecular complexity index is 473. The minimum absolute atomic E-state index is 0.557. The summed E-state index contributed by atoms with van der Waals surface area (Å²) < 4.78 is 16.6. The van der Waals surface area contributed by atoms with Crippen molar-refractivity contribution in [2.45, 2.75) is 110 Å². The lowest BCUT2D eigenvalue weighted by Crippen LogP contribution is -2.10. The van der Waals surface area contributed by atoms with Crippen molar-refractivity contribution >= 4 is 0 Å². The number of rotatable bonds is 24. The first-order chi connectivity index (χ1) is 15.9. The number of ether oxygens (including phenoxy) is 3. The molecule has 1 rings (SSSR count). The quantitative estimate of drug-likeness (QED) is 0.120. The molecule has 0 spiro atoms. The predicted octanol–water partition coefficient (Wildman–Crippen LogP) is 7.81. The minimum atomic E-state index is 0.557. The van der Waals surface area contributed by atoms with Crippen molar-refractivity contribution in [2.75, 3.05) is 33.0 Å². The van der Waals surface area contributed by atoms with Crippen LogP contribution in [0.1, 0.15) is 110 Å². The van der Waals surface area contributed by atoms with Crippen LogP contribution in [0.5, 0.6) is 0 Å². The van der Waals surface area contributed by atoms with Gasteiger partial charge in [0.2, 0.25) is 0 Å². The van der Waals surface area contributed by atoms with Crippen LogP contribution in [0.25, 0.3) is 0 Å². The zero-order chi connectivity index (χ0) is 22.8. The predicted molar refractivity (Wildman–Crippen MR) is 137 cm³/mol. The van der Waals surface area contributed by atoms with Gasteiger partial charge in [-0.1, -0.05) is 109 Å². The van der Waals surface area contributed by atoms with E-state index in [-0.39, 0.29) is 0 Å². The van der Waals surface area contributed by atoms with Gasteiger partial charge in [-0.05, 0) is 18.6 Å². The van der Waals surface area contributed by atoms with Gasteiger partial charge in [-0.3, -0.25) is 0 Å². The number of nitrogens with one attached hydrogen (secondary N) is 1. The standard InChI is InChI=1S/C28H51NO3/c1-2-3-4-5-6-7-8-9-10-11-12-13-14-15-16-19-22-30-23-24-31-25-26-32-27-28-20-17-18-21-29-28/h17-18,20-21,27,29H,2-16,19,22-26H2,1H3. The van der Waals surface area contributed by atoms with Gasteiger partial charge in [-0.25, -0.2) is 0 Å². The molecule has 0 radical (unpaired) electrons. The van der Waals surface area contributed by atoms with Gasteiger partial charge in [-0.15, -0.1) is 0 Å². The van der Waals surface area contributed by atoms with E-state index in [0.29, 0.717) is 26.4 Å².